The van der Waals surface area contributed by atoms with Crippen molar-refractivity contribution in [1.29, 1.82) is 0 Å². The Kier molecular flexibility index (Phi) is 25.3. The highest BCUT2D eigenvalue weighted by Gasteiger charge is 2.52. The van der Waals surface area contributed by atoms with Gasteiger partial charge in [0.05, 0.1) is 50.0 Å². The number of nitrogens with two attached hydrogens (primary N) is 1. The molecule has 6 aliphatic heterocycles. The van der Waals surface area contributed by atoms with E-state index in [1.165, 1.54) is 67.5 Å². The van der Waals surface area contributed by atoms with E-state index in [0.29, 0.717) is 45.2 Å². The lowest BCUT2D eigenvalue weighted by Gasteiger charge is -2.29. The van der Waals surface area contributed by atoms with Crippen LogP contribution in [0.3, 0.4) is 0 Å². The van der Waals surface area contributed by atoms with Crippen molar-refractivity contribution >= 4 is 143 Å². The van der Waals surface area contributed by atoms with Gasteiger partial charge >= 0.3 is 20.2 Å². The van der Waals surface area contributed by atoms with Gasteiger partial charge in [-0.1, -0.05) is 81.7 Å². The first kappa shape index (κ1) is 81.9. The number of nitrogen functional groups attached to an aromatic ring is 1. The molecule has 39 nitrogen and oxygen atoms in total. The molecule has 6 fully saturated rings. The van der Waals surface area contributed by atoms with Crippen molar-refractivity contribution in [3.8, 4) is 5.75 Å². The number of thiol groups is 2. The number of rotatable bonds is 11. The highest BCUT2D eigenvalue weighted by atomic mass is 32.9. The van der Waals surface area contributed by atoms with E-state index in [-0.39, 0.29) is 93.4 Å². The van der Waals surface area contributed by atoms with E-state index in [1.54, 1.807) is 40.6 Å². The molecule has 14 heterocycles. The van der Waals surface area contributed by atoms with Crippen molar-refractivity contribution in [1.82, 2.24) is 74.0 Å². The molecule has 6 saturated heterocycles. The summed E-state index contributed by atoms with van der Waals surface area (Å²) < 4.78 is 109. The fraction of sp³-hybridized carbons (Fsp3) is 0.492. The van der Waals surface area contributed by atoms with Crippen LogP contribution in [-0.2, 0) is 115 Å². The number of anilines is 2. The molecule has 8 N–H and O–H groups in total. The Balaban J connectivity index is 0.000000202. The molecule has 0 radical (unpaired) electrons. The van der Waals surface area contributed by atoms with E-state index in [2.05, 4.69) is 83.7 Å². The number of carboxylic acid groups (broad SMARTS) is 1. The van der Waals surface area contributed by atoms with E-state index >= 15 is 0 Å². The van der Waals surface area contributed by atoms with Crippen molar-refractivity contribution in [2.24, 2.45) is 11.8 Å². The number of aliphatic carboxylic acids is 1. The van der Waals surface area contributed by atoms with Gasteiger partial charge in [-0.05, 0) is 70.7 Å². The Morgan fingerprint density at radius 3 is 1.79 bits per heavy atom. The van der Waals surface area contributed by atoms with Crippen LogP contribution in [0.5, 0.6) is 5.75 Å². The zero-order chi connectivity index (χ0) is 76.8. The molecule has 4 unspecified atom stereocenters. The number of nitrogens with zero attached hydrogens (tertiary/aromatic N) is 15. The molecule has 15 rings (SSSR count). The summed E-state index contributed by atoms with van der Waals surface area (Å²) in [5, 5.41) is 27.2. The summed E-state index contributed by atoms with van der Waals surface area (Å²) in [5.41, 5.74) is 5.42. The number of imidazole rings is 2. The van der Waals surface area contributed by atoms with E-state index in [1.807, 2.05) is 31.2 Å². The molecule has 1 amide bonds. The third-order valence-corrected chi connectivity index (χ3v) is 25.8. The summed E-state index contributed by atoms with van der Waals surface area (Å²) in [6.45, 7) is 6.00. The molecule has 1 aromatic carbocycles. The van der Waals surface area contributed by atoms with Crippen molar-refractivity contribution < 1.29 is 88.6 Å². The molecule has 8 aromatic heterocycles. The Bertz CT molecular complexity index is 5200. The lowest BCUT2D eigenvalue weighted by Crippen LogP contribution is -2.30. The highest BCUT2D eigenvalue weighted by molar-refractivity contribution is 8.60. The third-order valence-electron chi connectivity index (χ3n) is 18.0. The normalized spacial score (nSPS) is 31.4. The van der Waals surface area contributed by atoms with E-state index in [0.717, 1.165) is 12.5 Å². The minimum atomic E-state index is -4.06. The van der Waals surface area contributed by atoms with Gasteiger partial charge in [0.1, 0.15) is 49.0 Å². The van der Waals surface area contributed by atoms with Crippen LogP contribution in [0.25, 0.3) is 38.7 Å². The van der Waals surface area contributed by atoms with Crippen LogP contribution >= 0.6 is 50.4 Å². The second-order valence-corrected chi connectivity index (χ2v) is 40.2. The van der Waals surface area contributed by atoms with Crippen molar-refractivity contribution in [2.75, 3.05) is 57.2 Å². The summed E-state index contributed by atoms with van der Waals surface area (Å²) in [4.78, 5) is 78.8. The first-order valence-electron chi connectivity index (χ1n) is 33.3. The molecular weight excluding hydrogens is 1610 g/mol. The van der Waals surface area contributed by atoms with Gasteiger partial charge in [-0.2, -0.15) is 9.36 Å². The molecule has 109 heavy (non-hydrogen) atoms. The van der Waals surface area contributed by atoms with E-state index < -0.39 is 117 Å². The number of benzene rings is 1. The van der Waals surface area contributed by atoms with Crippen molar-refractivity contribution in [3.63, 3.8) is 0 Å². The Hall–Kier alpha value is -6.53. The number of pyridine rings is 2. The van der Waals surface area contributed by atoms with Crippen molar-refractivity contribution in [2.45, 2.75) is 134 Å². The van der Waals surface area contributed by atoms with Crippen LogP contribution in [0, 0.1) is 18.4 Å². The Morgan fingerprint density at radius 1 is 0.688 bits per heavy atom. The van der Waals surface area contributed by atoms with E-state index in [4.69, 9.17) is 134 Å². The number of hydrogen-bond acceptors (Lipinski definition) is 32. The lowest BCUT2D eigenvalue weighted by atomic mass is 9.87. The monoisotopic (exact) mass is 1680 g/mol. The van der Waals surface area contributed by atoms with Gasteiger partial charge in [-0.3, -0.25) is 46.2 Å². The summed E-state index contributed by atoms with van der Waals surface area (Å²) in [6.07, 6.45) is 2.89. The van der Waals surface area contributed by atoms with Gasteiger partial charge in [0, 0.05) is 93.3 Å². The molecule has 6 aliphatic rings. The van der Waals surface area contributed by atoms with Crippen LogP contribution in [0.2, 0.25) is 0 Å². The number of carbonyl (C=O) groups is 2. The van der Waals surface area contributed by atoms with Crippen molar-refractivity contribution in [3.05, 3.63) is 136 Å². The molecule has 18 atom stereocenters. The number of hydrogen-bond donors (Lipinski definition) is 7. The first-order chi connectivity index (χ1) is 51.3. The minimum Gasteiger partial charge on any atom is -0.484 e. The zero-order valence-electron chi connectivity index (χ0n) is 58.7. The summed E-state index contributed by atoms with van der Waals surface area (Å²) in [6, 6.07) is 13.6. The van der Waals surface area contributed by atoms with Crippen LogP contribution < -0.4 is 33.1 Å². The van der Waals surface area contributed by atoms with Gasteiger partial charge in [0.2, 0.25) is 23.8 Å². The number of carboxylic acids is 1. The number of carbonyl (C=O) groups excluding carboxylic acids is 1. The minimum absolute atomic E-state index is 0. The van der Waals surface area contributed by atoms with Crippen LogP contribution in [0.4, 0.5) is 11.4 Å². The quantitative estimate of drug-likeness (QED) is 0.0282. The number of nitrogens with one attached hydrogen (secondary N) is 1. The zero-order valence-corrected chi connectivity index (χ0v) is 66.6. The van der Waals surface area contributed by atoms with Crippen LogP contribution in [-0.4, -0.2) is 185 Å². The predicted octanol–water partition coefficient (Wildman–Crippen LogP) is 7.67. The first-order valence-corrected chi connectivity index (χ1v) is 44.9. The fourth-order valence-electron chi connectivity index (χ4n) is 12.6. The second-order valence-electron chi connectivity index (χ2n) is 26.4. The Morgan fingerprint density at radius 2 is 1.21 bits per heavy atom. The van der Waals surface area contributed by atoms with Gasteiger partial charge in [-0.25, -0.2) is 31.1 Å². The van der Waals surface area contributed by atoms with Gasteiger partial charge < -0.3 is 87.4 Å². The molecule has 4 bridgehead atoms. The molecule has 586 valence electrons. The van der Waals surface area contributed by atoms with Gasteiger partial charge in [-0.15, -0.1) is 10.2 Å². The maximum absolute atomic E-state index is 13.6. The average molecular weight is 1680 g/mol. The maximum atomic E-state index is 13.6. The average Bonchev–Trinajstić information content (AvgIpc) is 1.64. The molecule has 0 spiro atoms. The number of fused-ring (bicyclic) bond motifs is 10. The second kappa shape index (κ2) is 33.6. The predicted molar refractivity (Wildman–Crippen MR) is 406 cm³/mol. The third kappa shape index (κ3) is 18.6. The maximum Gasteiger partial charge on any atom is 0.386 e. The lowest BCUT2D eigenvalue weighted by molar-refractivity contribution is -0.134. The van der Waals surface area contributed by atoms with Gasteiger partial charge in [0.15, 0.2) is 53.8 Å². The molecule has 9 aromatic rings. The van der Waals surface area contributed by atoms with Gasteiger partial charge in [0.25, 0.3) is 23.0 Å². The SMILES string of the molecule is CC(=O)O.C[C@H]1[C@H]2OP(=O)(S)OC[C@H]3O[C@@H](n4nnc5c(N)ccnc54)C[C@@H]3OP(O)(=S)OC[C@H]1O[C@H]2n1ccc(=O)n2ccnc12.N.[C-]#[N+]CCOP1(=S)OC[C@H]2O[C@@H](n3ccc(=O)n4ccnc34)[C@H](OP(=S)(S)OC[C@H]3O[C@@H](n4nnc5c(NC(=O)COc6ccc(C(C)(C)C)cc6)ccnc54)C[C@@H]3O1)[C@@H]2C. The Labute approximate surface area is 645 Å². The number of amides is 1. The van der Waals surface area contributed by atoms with Crippen LogP contribution in [0.15, 0.2) is 108 Å². The number of aromatic nitrogens is 14. The summed E-state index contributed by atoms with van der Waals surface area (Å²) in [7, 11) is 0. The fourth-order valence-corrected chi connectivity index (χ4v) is 19.8. The summed E-state index contributed by atoms with van der Waals surface area (Å²) in [5.74, 6) is -0.883. The number of ether oxygens (including phenoxy) is 5. The molecule has 0 aliphatic carbocycles. The topological polar surface area (TPSA) is 464 Å². The molecular formula is C61H76N18O21P4S5. The highest BCUT2D eigenvalue weighted by Crippen LogP contribution is 2.62. The van der Waals surface area contributed by atoms with E-state index in [9.17, 15) is 23.8 Å². The largest absolute Gasteiger partial charge is 0.484 e. The molecule has 48 heteroatoms. The van der Waals surface area contributed by atoms with Crippen LogP contribution in [0.1, 0.15) is 84.9 Å². The molecule has 0 saturated carbocycles. The summed E-state index contributed by atoms with van der Waals surface area (Å²) >= 11 is 26.1. The standard InChI is InChI=1S/C37H43N9O10P2S3.C22H26N8O9P2S2.C2H4O2.H3N/c1-22-27-19-51-57(59,50-17-14-38-5)55-26-18-31(53-28(26)20-52-58(60,61)56-33(22)35(54-27)45-15-11-30(48)44-16-13-40-36(44)45)46-34-32(42-43-46)25(10-12-39-34)41-29(47)21-49-24-8-6-23(7-9-24)37(2,3)4;1-11-14-9-34-40(32,42)38-13-8-17(30-20-18(26-27-30)12(23)2-4-24-20)36-15(13)10-35-41(33,43)39-19(11)21(37-14)29-6-3-16(31)28-7-5-25-22(28)29;1-2(3)4;/h6-13,15-16,22,26-28,31,33,35H,14,17-21H2,1-4H3,(H,60,61)(H,39,41,47);2-7,11,13-15,17,19,21H,8-10H2,1H3,(H2,23,24)(H,32,42)(H,33,43);1H3,(H,3,4);1H3/t22-,26+,27-,28-,31-,33-,35-,57?;11-,13+,14-,15-,17-,19-,21-,40?,41?;;/m11../s1. The smallest absolute Gasteiger partial charge is 0.386 e.